The average molecular weight is 288 g/mol. The molecule has 0 aliphatic carbocycles. The zero-order valence-electron chi connectivity index (χ0n) is 11.2. The number of ether oxygens (including phenoxy) is 2. The molecule has 1 aromatic carbocycles. The molecule has 0 bridgehead atoms. The van der Waals surface area contributed by atoms with E-state index >= 15 is 0 Å². The van der Waals surface area contributed by atoms with Gasteiger partial charge in [0, 0.05) is 12.6 Å². The van der Waals surface area contributed by atoms with E-state index in [9.17, 15) is 14.7 Å². The van der Waals surface area contributed by atoms with E-state index in [4.69, 9.17) is 9.47 Å². The summed E-state index contributed by atoms with van der Waals surface area (Å²) in [5, 5.41) is 13.2. The zero-order valence-corrected chi connectivity index (χ0v) is 11.2. The summed E-state index contributed by atoms with van der Waals surface area (Å²) in [6.07, 6.45) is 1.36. The van der Waals surface area contributed by atoms with Crippen LogP contribution in [0.5, 0.6) is 11.5 Å². The van der Waals surface area contributed by atoms with Crippen LogP contribution in [0.25, 0.3) is 11.1 Å². The van der Waals surface area contributed by atoms with Gasteiger partial charge in [-0.15, -0.1) is 0 Å². The first kappa shape index (κ1) is 13.2. The molecule has 0 unspecified atom stereocenters. The molecular formula is C14H12N2O5. The summed E-state index contributed by atoms with van der Waals surface area (Å²) in [5.41, 5.74) is -0.177. The number of carboxylic acid groups (broad SMARTS) is 1. The van der Waals surface area contributed by atoms with Crippen LogP contribution in [-0.4, -0.2) is 34.1 Å². The summed E-state index contributed by atoms with van der Waals surface area (Å²) in [6.45, 7) is 0.900. The maximum atomic E-state index is 12.0. The zero-order chi connectivity index (χ0) is 15.0. The van der Waals surface area contributed by atoms with Crippen molar-refractivity contribution >= 4 is 5.97 Å². The van der Waals surface area contributed by atoms with Crippen LogP contribution in [0, 0.1) is 0 Å². The molecule has 0 atom stereocenters. The smallest absolute Gasteiger partial charge is 0.342 e. The van der Waals surface area contributed by atoms with Gasteiger partial charge in [-0.05, 0) is 17.7 Å². The molecule has 108 valence electrons. The van der Waals surface area contributed by atoms with Crippen LogP contribution in [0.1, 0.15) is 10.4 Å². The summed E-state index contributed by atoms with van der Waals surface area (Å²) < 4.78 is 11.9. The molecule has 0 radical (unpaired) electrons. The number of hydrogen-bond acceptors (Lipinski definition) is 5. The third-order valence-corrected chi connectivity index (χ3v) is 3.20. The number of aryl methyl sites for hydroxylation is 1. The van der Waals surface area contributed by atoms with Gasteiger partial charge in [0.1, 0.15) is 18.8 Å². The van der Waals surface area contributed by atoms with Crippen molar-refractivity contribution in [2.45, 2.75) is 0 Å². The minimum Gasteiger partial charge on any atom is -0.486 e. The van der Waals surface area contributed by atoms with Crippen molar-refractivity contribution in [1.82, 2.24) is 9.78 Å². The average Bonchev–Trinajstić information content (AvgIpc) is 2.49. The Balaban J connectivity index is 2.19. The lowest BCUT2D eigenvalue weighted by Crippen LogP contribution is -2.27. The Labute approximate surface area is 119 Å². The Morgan fingerprint density at radius 3 is 2.71 bits per heavy atom. The second-order valence-corrected chi connectivity index (χ2v) is 4.53. The molecule has 2 aromatic rings. The second kappa shape index (κ2) is 4.93. The fourth-order valence-corrected chi connectivity index (χ4v) is 2.17. The van der Waals surface area contributed by atoms with Crippen molar-refractivity contribution in [3.63, 3.8) is 0 Å². The molecule has 0 saturated carbocycles. The molecule has 3 rings (SSSR count). The molecule has 2 heterocycles. The Bertz CT molecular complexity index is 781. The first-order chi connectivity index (χ1) is 10.1. The number of aromatic carboxylic acids is 1. The minimum absolute atomic E-state index is 0.252. The van der Waals surface area contributed by atoms with Crippen molar-refractivity contribution in [2.75, 3.05) is 13.2 Å². The van der Waals surface area contributed by atoms with Gasteiger partial charge in [-0.3, -0.25) is 4.79 Å². The number of hydrogen-bond donors (Lipinski definition) is 1. The fourth-order valence-electron chi connectivity index (χ4n) is 2.17. The number of carboxylic acids is 1. The van der Waals surface area contributed by atoms with Gasteiger partial charge >= 0.3 is 5.97 Å². The predicted octanol–water partition coefficient (Wildman–Crippen LogP) is 0.917. The quantitative estimate of drug-likeness (QED) is 0.883. The van der Waals surface area contributed by atoms with E-state index in [2.05, 4.69) is 5.10 Å². The van der Waals surface area contributed by atoms with Crippen LogP contribution < -0.4 is 15.0 Å². The molecule has 21 heavy (non-hydrogen) atoms. The van der Waals surface area contributed by atoms with Gasteiger partial charge in [0.15, 0.2) is 11.5 Å². The standard InChI is InChI=1S/C14H12N2O5/c1-16-13(17)12(14(18)19)9(7-15-16)8-2-3-10-11(6-8)21-5-4-20-10/h2-3,6-7H,4-5H2,1H3,(H,18,19). The lowest BCUT2D eigenvalue weighted by Gasteiger charge is -2.19. The maximum Gasteiger partial charge on any atom is 0.342 e. The molecule has 7 nitrogen and oxygen atoms in total. The summed E-state index contributed by atoms with van der Waals surface area (Å²) in [5.74, 6) is -0.169. The number of rotatable bonds is 2. The maximum absolute atomic E-state index is 12.0. The van der Waals surface area contributed by atoms with E-state index < -0.39 is 11.5 Å². The minimum atomic E-state index is -1.29. The van der Waals surface area contributed by atoms with Crippen LogP contribution >= 0.6 is 0 Å². The molecule has 0 fully saturated rings. The van der Waals surface area contributed by atoms with Crippen molar-refractivity contribution in [1.29, 1.82) is 0 Å². The number of benzene rings is 1. The van der Waals surface area contributed by atoms with E-state index in [0.29, 0.717) is 30.3 Å². The topological polar surface area (TPSA) is 90.7 Å². The summed E-state index contributed by atoms with van der Waals surface area (Å²) in [4.78, 5) is 23.3. The molecule has 1 aliphatic heterocycles. The molecule has 7 heteroatoms. The van der Waals surface area contributed by atoms with Crippen LogP contribution in [0.15, 0.2) is 29.2 Å². The number of fused-ring (bicyclic) bond motifs is 1. The van der Waals surface area contributed by atoms with Gasteiger partial charge in [0.2, 0.25) is 0 Å². The molecule has 0 saturated heterocycles. The van der Waals surface area contributed by atoms with Crippen LogP contribution in [0.2, 0.25) is 0 Å². The third kappa shape index (κ3) is 2.22. The van der Waals surface area contributed by atoms with Crippen LogP contribution in [0.4, 0.5) is 0 Å². The first-order valence-corrected chi connectivity index (χ1v) is 6.27. The van der Waals surface area contributed by atoms with Gasteiger partial charge in [-0.1, -0.05) is 6.07 Å². The SMILES string of the molecule is Cn1ncc(-c2ccc3c(c2)OCCO3)c(C(=O)O)c1=O. The summed E-state index contributed by atoms with van der Waals surface area (Å²) >= 11 is 0. The number of nitrogens with zero attached hydrogens (tertiary/aromatic N) is 2. The molecule has 1 aliphatic rings. The van der Waals surface area contributed by atoms with E-state index in [0.717, 1.165) is 4.68 Å². The molecule has 0 amide bonds. The Morgan fingerprint density at radius 1 is 1.29 bits per heavy atom. The fraction of sp³-hybridized carbons (Fsp3) is 0.214. The van der Waals surface area contributed by atoms with Gasteiger partial charge in [0.05, 0.1) is 6.20 Å². The monoisotopic (exact) mass is 288 g/mol. The van der Waals surface area contributed by atoms with Crippen LogP contribution in [0.3, 0.4) is 0 Å². The van der Waals surface area contributed by atoms with E-state index in [1.54, 1.807) is 18.2 Å². The van der Waals surface area contributed by atoms with Gasteiger partial charge in [-0.2, -0.15) is 5.10 Å². The Morgan fingerprint density at radius 2 is 2.00 bits per heavy atom. The third-order valence-electron chi connectivity index (χ3n) is 3.20. The van der Waals surface area contributed by atoms with E-state index in [1.807, 2.05) is 0 Å². The molecule has 0 spiro atoms. The molecule has 1 aromatic heterocycles. The van der Waals surface area contributed by atoms with Crippen molar-refractivity contribution in [3.8, 4) is 22.6 Å². The highest BCUT2D eigenvalue weighted by molar-refractivity contribution is 5.95. The first-order valence-electron chi connectivity index (χ1n) is 6.27. The lowest BCUT2D eigenvalue weighted by molar-refractivity contribution is 0.0694. The van der Waals surface area contributed by atoms with Gasteiger partial charge in [0.25, 0.3) is 5.56 Å². The highest BCUT2D eigenvalue weighted by atomic mass is 16.6. The number of aromatic nitrogens is 2. The highest BCUT2D eigenvalue weighted by Gasteiger charge is 2.20. The van der Waals surface area contributed by atoms with Crippen molar-refractivity contribution in [2.24, 2.45) is 7.05 Å². The van der Waals surface area contributed by atoms with Crippen molar-refractivity contribution < 1.29 is 19.4 Å². The van der Waals surface area contributed by atoms with Gasteiger partial charge in [-0.25, -0.2) is 9.48 Å². The second-order valence-electron chi connectivity index (χ2n) is 4.53. The lowest BCUT2D eigenvalue weighted by atomic mass is 10.0. The van der Waals surface area contributed by atoms with Crippen molar-refractivity contribution in [3.05, 3.63) is 40.3 Å². The summed E-state index contributed by atoms with van der Waals surface area (Å²) in [6, 6.07) is 5.01. The largest absolute Gasteiger partial charge is 0.486 e. The van der Waals surface area contributed by atoms with Gasteiger partial charge < -0.3 is 14.6 Å². The van der Waals surface area contributed by atoms with E-state index in [1.165, 1.54) is 13.2 Å². The Kier molecular flexibility index (Phi) is 3.09. The normalized spacial score (nSPS) is 13.0. The van der Waals surface area contributed by atoms with E-state index in [-0.39, 0.29) is 11.1 Å². The predicted molar refractivity (Wildman–Crippen MR) is 72.9 cm³/mol. The number of carbonyl (C=O) groups is 1. The Hall–Kier alpha value is -2.83. The molecule has 1 N–H and O–H groups in total. The highest BCUT2D eigenvalue weighted by Crippen LogP contribution is 2.34. The molecular weight excluding hydrogens is 276 g/mol. The summed E-state index contributed by atoms with van der Waals surface area (Å²) in [7, 11) is 1.41. The van der Waals surface area contributed by atoms with Crippen LogP contribution in [-0.2, 0) is 7.05 Å².